The zero-order valence-electron chi connectivity index (χ0n) is 54.6. The molecule has 476 valence electrons. The molecule has 1 amide bonds. The number of aliphatic hydroxyl groups excluding tert-OH is 1. The lowest BCUT2D eigenvalue weighted by Crippen LogP contribution is -2.45. The van der Waals surface area contributed by atoms with E-state index in [9.17, 15) is 19.4 Å². The summed E-state index contributed by atoms with van der Waals surface area (Å²) >= 11 is 0. The highest BCUT2D eigenvalue weighted by atomic mass is 31.2. The van der Waals surface area contributed by atoms with E-state index in [0.717, 1.165) is 38.5 Å². The van der Waals surface area contributed by atoms with E-state index in [1.807, 2.05) is 27.2 Å². The molecule has 0 aliphatic rings. The minimum atomic E-state index is -4.60. The summed E-state index contributed by atoms with van der Waals surface area (Å²) in [6.07, 6.45) is 81.7. The van der Waals surface area contributed by atoms with Crippen LogP contribution in [-0.4, -0.2) is 68.5 Å². The van der Waals surface area contributed by atoms with Crippen molar-refractivity contribution in [3.63, 3.8) is 0 Å². The van der Waals surface area contributed by atoms with Gasteiger partial charge in [-0.15, -0.1) is 0 Å². The summed E-state index contributed by atoms with van der Waals surface area (Å²) in [5, 5.41) is 14.0. The first kappa shape index (κ1) is 79.0. The summed E-state index contributed by atoms with van der Waals surface area (Å²) in [6.45, 7) is 4.71. The molecule has 0 aromatic rings. The van der Waals surface area contributed by atoms with Crippen LogP contribution in [0.2, 0.25) is 0 Å². The van der Waals surface area contributed by atoms with E-state index in [1.165, 1.54) is 315 Å². The van der Waals surface area contributed by atoms with Crippen LogP contribution in [0.15, 0.2) is 24.3 Å². The number of unbranched alkanes of at least 4 members (excludes halogenated alkanes) is 52. The van der Waals surface area contributed by atoms with Crippen molar-refractivity contribution >= 4 is 13.7 Å². The van der Waals surface area contributed by atoms with E-state index < -0.39 is 20.0 Å². The first-order valence-electron chi connectivity index (χ1n) is 35.7. The lowest BCUT2D eigenvalue weighted by molar-refractivity contribution is -0.870. The number of hydrogen-bond donors (Lipinski definition) is 2. The summed E-state index contributed by atoms with van der Waals surface area (Å²) < 4.78 is 23.5. The predicted octanol–water partition coefficient (Wildman–Crippen LogP) is 22.0. The maximum atomic E-state index is 13.0. The van der Waals surface area contributed by atoms with Crippen LogP contribution >= 0.6 is 7.82 Å². The molecule has 0 aromatic heterocycles. The number of phosphoric acid groups is 1. The highest BCUT2D eigenvalue weighted by Gasteiger charge is 2.23. The van der Waals surface area contributed by atoms with Crippen LogP contribution in [0.4, 0.5) is 0 Å². The molecule has 3 atom stereocenters. The van der Waals surface area contributed by atoms with Crippen LogP contribution in [0.25, 0.3) is 0 Å². The number of nitrogens with zero attached hydrogens (tertiary/aromatic N) is 1. The topological polar surface area (TPSA) is 108 Å². The van der Waals surface area contributed by atoms with Crippen molar-refractivity contribution in [2.24, 2.45) is 0 Å². The van der Waals surface area contributed by atoms with Gasteiger partial charge in [-0.05, 0) is 44.9 Å². The molecule has 9 heteroatoms. The van der Waals surface area contributed by atoms with Crippen molar-refractivity contribution in [2.45, 2.75) is 386 Å². The number of quaternary nitrogens is 1. The van der Waals surface area contributed by atoms with E-state index in [-0.39, 0.29) is 19.1 Å². The van der Waals surface area contributed by atoms with Crippen molar-refractivity contribution in [1.29, 1.82) is 0 Å². The molecule has 0 aliphatic heterocycles. The second-order valence-corrected chi connectivity index (χ2v) is 27.4. The third-order valence-corrected chi connectivity index (χ3v) is 17.6. The number of hydrogen-bond acceptors (Lipinski definition) is 6. The second kappa shape index (κ2) is 62.5. The number of rotatable bonds is 67. The molecule has 0 radical (unpaired) electrons. The molecule has 0 fully saturated rings. The van der Waals surface area contributed by atoms with Crippen molar-refractivity contribution in [2.75, 3.05) is 40.9 Å². The standard InChI is InChI=1S/C71H141N2O6P/c1-6-8-10-12-14-16-18-20-22-24-26-28-29-30-31-32-33-34-35-36-37-38-39-40-41-42-43-45-47-49-51-53-55-57-59-61-63-65-71(75)72-69(68-79-80(76,77)78-67-66-73(3,4)5)70(74)64-62-60-58-56-54-52-50-48-46-44-27-25-23-21-19-17-15-13-11-9-7-2/h24,26,62,64,69-70,74H,6-23,25,27-61,63,65-68H2,1-5H3,(H-,72,75,76,77)/b26-24-,64-62+. The minimum absolute atomic E-state index is 0.00220. The van der Waals surface area contributed by atoms with E-state index >= 15 is 0 Å². The van der Waals surface area contributed by atoms with Crippen LogP contribution < -0.4 is 10.2 Å². The maximum Gasteiger partial charge on any atom is 0.268 e. The molecule has 80 heavy (non-hydrogen) atoms. The SMILES string of the molecule is CCCCCCCCCC/C=C\CCCCCCCCCCCCCCCCCCCCCCCCCCCC(=O)NC(COP(=O)([O-])OCC[N+](C)(C)C)C(O)/C=C/CCCCCCCCCCCCCCCCCCCCC. The van der Waals surface area contributed by atoms with Crippen LogP contribution in [0.5, 0.6) is 0 Å². The fourth-order valence-corrected chi connectivity index (χ4v) is 11.8. The van der Waals surface area contributed by atoms with Gasteiger partial charge in [-0.25, -0.2) is 0 Å². The quantitative estimate of drug-likeness (QED) is 0.0272. The lowest BCUT2D eigenvalue weighted by atomic mass is 10.0. The van der Waals surface area contributed by atoms with Crippen molar-refractivity contribution in [3.05, 3.63) is 24.3 Å². The fourth-order valence-electron chi connectivity index (χ4n) is 11.1. The number of aliphatic hydroxyl groups is 1. The summed E-state index contributed by atoms with van der Waals surface area (Å²) in [5.74, 6) is -0.188. The number of phosphoric ester groups is 1. The molecular formula is C71H141N2O6P. The second-order valence-electron chi connectivity index (χ2n) is 25.9. The molecule has 3 unspecified atom stereocenters. The normalized spacial score (nSPS) is 13.7. The van der Waals surface area contributed by atoms with E-state index in [4.69, 9.17) is 9.05 Å². The molecule has 2 N–H and O–H groups in total. The molecule has 0 saturated heterocycles. The van der Waals surface area contributed by atoms with E-state index in [2.05, 4.69) is 31.3 Å². The lowest BCUT2D eigenvalue weighted by Gasteiger charge is -2.29. The number of carbonyl (C=O) groups is 1. The van der Waals surface area contributed by atoms with E-state index in [0.29, 0.717) is 17.4 Å². The van der Waals surface area contributed by atoms with Crippen LogP contribution in [0.3, 0.4) is 0 Å². The Morgan fingerprint density at radius 3 is 0.975 bits per heavy atom. The number of nitrogens with one attached hydrogen (secondary N) is 1. The van der Waals surface area contributed by atoms with E-state index in [1.54, 1.807) is 6.08 Å². The Bertz CT molecular complexity index is 1350. The van der Waals surface area contributed by atoms with Gasteiger partial charge in [0, 0.05) is 6.42 Å². The maximum absolute atomic E-state index is 13.0. The molecule has 0 heterocycles. The molecule has 0 rings (SSSR count). The third-order valence-electron chi connectivity index (χ3n) is 16.7. The van der Waals surface area contributed by atoms with Crippen LogP contribution in [0.1, 0.15) is 373 Å². The molecule has 0 aliphatic carbocycles. The Morgan fingerprint density at radius 1 is 0.425 bits per heavy atom. The average molecular weight is 1150 g/mol. The van der Waals surface area contributed by atoms with Gasteiger partial charge in [0.25, 0.3) is 7.82 Å². The van der Waals surface area contributed by atoms with Gasteiger partial charge in [0.2, 0.25) is 5.91 Å². The molecule has 0 spiro atoms. The summed E-state index contributed by atoms with van der Waals surface area (Å²) in [7, 11) is 1.28. The average Bonchev–Trinajstić information content (AvgIpc) is 3.42. The third kappa shape index (κ3) is 64.5. The zero-order chi connectivity index (χ0) is 58.4. The Kier molecular flexibility index (Phi) is 61.7. The first-order valence-corrected chi connectivity index (χ1v) is 37.2. The number of allylic oxidation sites excluding steroid dienone is 3. The molecule has 0 saturated carbocycles. The van der Waals surface area contributed by atoms with Crippen LogP contribution in [-0.2, 0) is 18.4 Å². The highest BCUT2D eigenvalue weighted by molar-refractivity contribution is 7.45. The summed E-state index contributed by atoms with van der Waals surface area (Å²) in [5.41, 5.74) is 0. The van der Waals surface area contributed by atoms with Crippen LogP contribution in [0, 0.1) is 0 Å². The first-order chi connectivity index (χ1) is 39.0. The Hall–Kier alpha value is -1.02. The Balaban J connectivity index is 3.94. The highest BCUT2D eigenvalue weighted by Crippen LogP contribution is 2.38. The van der Waals surface area contributed by atoms with Crippen molar-refractivity contribution in [1.82, 2.24) is 5.32 Å². The summed E-state index contributed by atoms with van der Waals surface area (Å²) in [6, 6.07) is -0.884. The number of carbonyl (C=O) groups excluding carboxylic acids is 1. The van der Waals surface area contributed by atoms with Crippen molar-refractivity contribution < 1.29 is 32.9 Å². The van der Waals surface area contributed by atoms with Gasteiger partial charge in [-0.1, -0.05) is 346 Å². The predicted molar refractivity (Wildman–Crippen MR) is 349 cm³/mol. The molecule has 0 bridgehead atoms. The molecule has 0 aromatic carbocycles. The smallest absolute Gasteiger partial charge is 0.268 e. The van der Waals surface area contributed by atoms with Gasteiger partial charge in [-0.3, -0.25) is 9.36 Å². The number of likely N-dealkylation sites (N-methyl/N-ethyl adjacent to an activating group) is 1. The Morgan fingerprint density at radius 2 is 0.688 bits per heavy atom. The molecular weight excluding hydrogens is 1010 g/mol. The summed E-state index contributed by atoms with van der Waals surface area (Å²) in [4.78, 5) is 25.6. The van der Waals surface area contributed by atoms with Gasteiger partial charge < -0.3 is 28.8 Å². The van der Waals surface area contributed by atoms with Gasteiger partial charge >= 0.3 is 0 Å². The van der Waals surface area contributed by atoms with Gasteiger partial charge in [-0.2, -0.15) is 0 Å². The monoisotopic (exact) mass is 1150 g/mol. The van der Waals surface area contributed by atoms with Gasteiger partial charge in [0.05, 0.1) is 39.9 Å². The number of amides is 1. The van der Waals surface area contributed by atoms with Crippen molar-refractivity contribution in [3.8, 4) is 0 Å². The minimum Gasteiger partial charge on any atom is -0.756 e. The fraction of sp³-hybridized carbons (Fsp3) is 0.930. The van der Waals surface area contributed by atoms with Gasteiger partial charge in [0.1, 0.15) is 13.2 Å². The Labute approximate surface area is 500 Å². The largest absolute Gasteiger partial charge is 0.756 e. The zero-order valence-corrected chi connectivity index (χ0v) is 55.5. The van der Waals surface area contributed by atoms with Gasteiger partial charge in [0.15, 0.2) is 0 Å². The molecule has 8 nitrogen and oxygen atoms in total.